The molecule has 366 valence electrons. The zero-order valence-electron chi connectivity index (χ0n) is 40.7. The minimum Gasteiger partial charge on any atom is -0.507 e. The molecule has 0 aliphatic rings. The number of hydrogen-bond donors (Lipinski definition) is 2. The monoisotopic (exact) mass is 974 g/mol. The molecule has 0 saturated heterocycles. The number of methoxy groups -OCH3 is 4. The van der Waals surface area contributed by atoms with Gasteiger partial charge in [0.15, 0.2) is 34.5 Å². The highest BCUT2D eigenvalue weighted by Crippen LogP contribution is 2.52. The summed E-state index contributed by atoms with van der Waals surface area (Å²) in [6.45, 7) is 9.77. The summed E-state index contributed by atoms with van der Waals surface area (Å²) >= 11 is 0. The predicted molar refractivity (Wildman–Crippen MR) is 269 cm³/mol. The first kappa shape index (κ1) is 51.7. The van der Waals surface area contributed by atoms with E-state index in [4.69, 9.17) is 32.6 Å². The van der Waals surface area contributed by atoms with Crippen LogP contribution in [0.1, 0.15) is 36.1 Å². The van der Waals surface area contributed by atoms with E-state index in [9.17, 15) is 27.4 Å². The number of rotatable bonds is 16. The van der Waals surface area contributed by atoms with E-state index in [1.807, 2.05) is 56.3 Å². The predicted octanol–water partition coefficient (Wildman–Crippen LogP) is 13.0. The number of hydrogen-bond acceptors (Lipinski definition) is 11. The van der Waals surface area contributed by atoms with E-state index < -0.39 is 10.1 Å². The van der Waals surface area contributed by atoms with Crippen LogP contribution in [0.5, 0.6) is 51.7 Å². The van der Waals surface area contributed by atoms with Gasteiger partial charge in [0.2, 0.25) is 0 Å². The van der Waals surface area contributed by atoms with Crippen LogP contribution < -0.4 is 32.6 Å². The van der Waals surface area contributed by atoms with Crippen LogP contribution in [0.15, 0.2) is 127 Å². The second-order valence-electron chi connectivity index (χ2n) is 16.5. The summed E-state index contributed by atoms with van der Waals surface area (Å²) in [5.74, 6) is 1.47. The molecule has 0 atom stereocenters. The van der Waals surface area contributed by atoms with Crippen LogP contribution in [-0.2, 0) is 16.7 Å². The molecule has 0 aliphatic heterocycles. The first-order valence-corrected chi connectivity index (χ1v) is 23.8. The Morgan fingerprint density at radius 1 is 0.571 bits per heavy atom. The van der Waals surface area contributed by atoms with Crippen molar-refractivity contribution in [3.63, 3.8) is 0 Å². The highest BCUT2D eigenvalue weighted by atomic mass is 32.2. The van der Waals surface area contributed by atoms with E-state index >= 15 is 0 Å². The van der Waals surface area contributed by atoms with Gasteiger partial charge in [0.25, 0.3) is 0 Å². The molecule has 0 fully saturated rings. The topological polar surface area (TPSA) is 139 Å². The largest absolute Gasteiger partial charge is 0.507 e. The summed E-state index contributed by atoms with van der Waals surface area (Å²) in [5.41, 5.74) is 8.17. The Balaban J connectivity index is 0.000000231. The number of phenolic OH excluding ortho intramolecular Hbond substituents is 2. The average Bonchev–Trinajstić information content (AvgIpc) is 3.33. The molecule has 0 saturated carbocycles. The highest BCUT2D eigenvalue weighted by Gasteiger charge is 2.27. The van der Waals surface area contributed by atoms with Gasteiger partial charge in [-0.3, -0.25) is 0 Å². The molecule has 0 amide bonds. The summed E-state index contributed by atoms with van der Waals surface area (Å²) < 4.78 is 91.9. The van der Waals surface area contributed by atoms with Crippen molar-refractivity contribution in [1.29, 1.82) is 0 Å². The van der Waals surface area contributed by atoms with Crippen molar-refractivity contribution in [1.82, 2.24) is 0 Å². The van der Waals surface area contributed by atoms with E-state index in [0.29, 0.717) is 92.0 Å². The molecule has 0 spiro atoms. The Labute approximate surface area is 408 Å². The second-order valence-corrected chi connectivity index (χ2v) is 18.0. The van der Waals surface area contributed by atoms with Crippen LogP contribution in [0, 0.1) is 32.4 Å². The summed E-state index contributed by atoms with van der Waals surface area (Å²) in [5, 5.41) is 21.6. The third-order valence-corrected chi connectivity index (χ3v) is 11.7. The average molecular weight is 975 g/mol. The summed E-state index contributed by atoms with van der Waals surface area (Å²) in [4.78, 5) is 0. The lowest BCUT2D eigenvalue weighted by Gasteiger charge is -2.21. The fourth-order valence-electron chi connectivity index (χ4n) is 7.58. The lowest BCUT2D eigenvalue weighted by molar-refractivity contribution is 0.289. The van der Waals surface area contributed by atoms with E-state index in [0.717, 1.165) is 28.5 Å². The molecule has 11 nitrogen and oxygen atoms in total. The zero-order chi connectivity index (χ0) is 50.9. The van der Waals surface area contributed by atoms with Crippen molar-refractivity contribution in [3.8, 4) is 96.3 Å². The van der Waals surface area contributed by atoms with Crippen LogP contribution in [0.3, 0.4) is 0 Å². The van der Waals surface area contributed by atoms with Crippen LogP contribution in [0.25, 0.3) is 44.5 Å². The number of ether oxygens (including phenoxy) is 6. The van der Waals surface area contributed by atoms with Gasteiger partial charge in [0.1, 0.15) is 42.1 Å². The van der Waals surface area contributed by atoms with Gasteiger partial charge in [-0.1, -0.05) is 60.2 Å². The van der Waals surface area contributed by atoms with Gasteiger partial charge in [-0.25, -0.2) is 8.78 Å². The number of aromatic hydroxyl groups is 2. The Kier molecular flexibility index (Phi) is 16.7. The first-order chi connectivity index (χ1) is 33.4. The third-order valence-electron chi connectivity index (χ3n) is 11.2. The number of phenols is 2. The molecule has 14 heteroatoms. The molecular formula is C56H56F2O11S. The Bertz CT molecular complexity index is 3150. The maximum atomic E-state index is 14.0. The molecule has 0 heterocycles. The Morgan fingerprint density at radius 3 is 1.66 bits per heavy atom. The number of benzene rings is 7. The summed E-state index contributed by atoms with van der Waals surface area (Å²) in [6.07, 6.45) is 2.88. The van der Waals surface area contributed by atoms with Gasteiger partial charge in [0.05, 0.1) is 45.8 Å². The molecule has 70 heavy (non-hydrogen) atoms. The minimum atomic E-state index is -3.98. The lowest BCUT2D eigenvalue weighted by Crippen LogP contribution is -2.09. The van der Waals surface area contributed by atoms with Crippen LogP contribution in [0.4, 0.5) is 8.78 Å². The Morgan fingerprint density at radius 2 is 1.11 bits per heavy atom. The normalized spacial score (nSPS) is 10.9. The lowest BCUT2D eigenvalue weighted by atomic mass is 9.92. The van der Waals surface area contributed by atoms with Crippen LogP contribution >= 0.6 is 0 Å². The fraction of sp³-hybridized carbons (Fsp3) is 0.214. The molecule has 2 N–H and O–H groups in total. The summed E-state index contributed by atoms with van der Waals surface area (Å²) in [6, 6.07) is 32.7. The highest BCUT2D eigenvalue weighted by molar-refractivity contribution is 7.86. The third kappa shape index (κ3) is 12.1. The van der Waals surface area contributed by atoms with Gasteiger partial charge in [-0.05, 0) is 151 Å². The van der Waals surface area contributed by atoms with Crippen molar-refractivity contribution in [3.05, 3.63) is 161 Å². The number of allylic oxidation sites excluding steroid dienone is 1. The molecule has 0 aromatic heterocycles. The van der Waals surface area contributed by atoms with Crippen molar-refractivity contribution in [2.24, 2.45) is 0 Å². The second kappa shape index (κ2) is 22.6. The van der Waals surface area contributed by atoms with Gasteiger partial charge in [-0.15, -0.1) is 0 Å². The molecule has 7 rings (SSSR count). The van der Waals surface area contributed by atoms with Crippen LogP contribution in [-0.4, -0.2) is 59.9 Å². The smallest absolute Gasteiger partial charge is 0.306 e. The number of halogens is 2. The summed E-state index contributed by atoms with van der Waals surface area (Å²) in [7, 11) is 1.92. The van der Waals surface area contributed by atoms with E-state index in [2.05, 4.69) is 0 Å². The molecule has 7 aromatic rings. The van der Waals surface area contributed by atoms with Crippen LogP contribution in [0.2, 0.25) is 0 Å². The SMILES string of the molecule is COc1cc(-c2c(OC)cc(-c3ccc(F)c(C)c3)c(OC)c2OS(C)(=O)=O)ccc1OCC=C(C)C.COc1cc(-c2ccc(F)c(C)c2)c(C)c(O)c1-c1ccc(OCc2ccccc2)c(O)c1. The van der Waals surface area contributed by atoms with Gasteiger partial charge in [0, 0.05) is 5.56 Å². The molecular weight excluding hydrogens is 919 g/mol. The molecule has 0 unspecified atom stereocenters. The van der Waals surface area contributed by atoms with Crippen molar-refractivity contribution >= 4 is 10.1 Å². The van der Waals surface area contributed by atoms with E-state index in [1.165, 1.54) is 40.6 Å². The molecule has 0 radical (unpaired) electrons. The first-order valence-electron chi connectivity index (χ1n) is 21.9. The van der Waals surface area contributed by atoms with Crippen molar-refractivity contribution < 1.29 is 60.0 Å². The minimum absolute atomic E-state index is 0.0312. The standard InChI is InChI=1S/C28H31FO7S.C28H25FO4/c1-17(2)12-13-35-23-11-9-20(15-24(23)32-4)26-25(33-5)16-21(19-8-10-22(29)18(3)14-19)27(34-6)28(26)36-37(7,30)31;1-17-13-20(9-11-23(17)29)22-15-26(32-3)27(28(31)18(22)2)21-10-12-25(24(30)14-21)33-16-19-7-5-4-6-8-19/h8-12,14-16H,13H2,1-7H3;4-15,30-31H,16H2,1-3H3. The molecule has 0 aliphatic carbocycles. The zero-order valence-corrected chi connectivity index (χ0v) is 41.5. The number of aryl methyl sites for hydroxylation is 2. The maximum Gasteiger partial charge on any atom is 0.306 e. The van der Waals surface area contributed by atoms with Gasteiger partial charge in [-0.2, -0.15) is 8.42 Å². The quantitative estimate of drug-likeness (QED) is 0.0706. The van der Waals surface area contributed by atoms with E-state index in [-0.39, 0.29) is 34.6 Å². The van der Waals surface area contributed by atoms with E-state index in [1.54, 1.807) is 87.5 Å². The molecule has 0 bridgehead atoms. The maximum absolute atomic E-state index is 14.0. The Hall–Kier alpha value is -7.71. The van der Waals surface area contributed by atoms with Gasteiger partial charge < -0.3 is 42.8 Å². The van der Waals surface area contributed by atoms with Crippen molar-refractivity contribution in [2.75, 3.05) is 41.3 Å². The molecule has 7 aromatic carbocycles. The fourth-order valence-corrected chi connectivity index (χ4v) is 8.04. The van der Waals surface area contributed by atoms with Gasteiger partial charge >= 0.3 is 10.1 Å². The van der Waals surface area contributed by atoms with Crippen molar-refractivity contribution in [2.45, 2.75) is 41.2 Å².